The van der Waals surface area contributed by atoms with Crippen molar-refractivity contribution < 1.29 is 9.90 Å². The highest BCUT2D eigenvalue weighted by Crippen LogP contribution is 2.18. The molecule has 0 spiro atoms. The van der Waals surface area contributed by atoms with Crippen LogP contribution in [-0.4, -0.2) is 16.6 Å². The predicted octanol–water partition coefficient (Wildman–Crippen LogP) is 1.61. The van der Waals surface area contributed by atoms with Gasteiger partial charge in [-0.2, -0.15) is 0 Å². The van der Waals surface area contributed by atoms with E-state index in [2.05, 4.69) is 6.92 Å². The molecule has 3 N–H and O–H groups in total. The molecule has 0 rings (SSSR count). The molecule has 0 aromatic heterocycles. The van der Waals surface area contributed by atoms with E-state index >= 15 is 0 Å². The molecular formula is C9H19NO2. The summed E-state index contributed by atoms with van der Waals surface area (Å²) in [6, 6.07) is 0. The van der Waals surface area contributed by atoms with Crippen molar-refractivity contribution in [3.05, 3.63) is 0 Å². The minimum atomic E-state index is -1.06. The molecule has 0 saturated heterocycles. The summed E-state index contributed by atoms with van der Waals surface area (Å²) in [6.07, 6.45) is 2.67. The zero-order chi connectivity index (χ0) is 9.78. The van der Waals surface area contributed by atoms with Crippen LogP contribution >= 0.6 is 0 Å². The summed E-state index contributed by atoms with van der Waals surface area (Å²) in [6.45, 7) is 5.70. The van der Waals surface area contributed by atoms with Gasteiger partial charge >= 0.3 is 5.97 Å². The van der Waals surface area contributed by atoms with Crippen molar-refractivity contribution in [1.29, 1.82) is 0 Å². The number of carboxylic acid groups (broad SMARTS) is 1. The molecule has 72 valence electrons. The zero-order valence-corrected chi connectivity index (χ0v) is 8.13. The van der Waals surface area contributed by atoms with Gasteiger partial charge in [0.2, 0.25) is 0 Å². The summed E-state index contributed by atoms with van der Waals surface area (Å²) in [5, 5.41) is 8.73. The minimum absolute atomic E-state index is 0.390. The topological polar surface area (TPSA) is 63.3 Å². The lowest BCUT2D eigenvalue weighted by Crippen LogP contribution is -2.46. The highest BCUT2D eigenvalue weighted by atomic mass is 16.4. The lowest BCUT2D eigenvalue weighted by atomic mass is 9.88. The number of nitrogens with two attached hydrogens (primary N) is 1. The molecule has 3 heteroatoms. The first-order chi connectivity index (χ1) is 5.40. The van der Waals surface area contributed by atoms with Gasteiger partial charge in [-0.25, -0.2) is 0 Å². The minimum Gasteiger partial charge on any atom is -0.480 e. The van der Waals surface area contributed by atoms with Gasteiger partial charge < -0.3 is 10.8 Å². The third kappa shape index (κ3) is 3.72. The van der Waals surface area contributed by atoms with Crippen LogP contribution in [0.4, 0.5) is 0 Å². The van der Waals surface area contributed by atoms with Crippen molar-refractivity contribution in [2.24, 2.45) is 11.7 Å². The lowest BCUT2D eigenvalue weighted by Gasteiger charge is -2.22. The Labute approximate surface area is 74.0 Å². The molecule has 0 bridgehead atoms. The third-order valence-corrected chi connectivity index (χ3v) is 2.04. The Hall–Kier alpha value is -0.570. The summed E-state index contributed by atoms with van der Waals surface area (Å²) in [5.41, 5.74) is 4.53. The lowest BCUT2D eigenvalue weighted by molar-refractivity contribution is -0.143. The molecule has 0 aliphatic rings. The fourth-order valence-corrected chi connectivity index (χ4v) is 1.41. The maximum atomic E-state index is 10.6. The Balaban J connectivity index is 3.96. The highest BCUT2D eigenvalue weighted by Gasteiger charge is 2.29. The molecule has 0 amide bonds. The molecule has 0 aromatic rings. The predicted molar refractivity (Wildman–Crippen MR) is 48.9 cm³/mol. The number of hydrogen-bond acceptors (Lipinski definition) is 2. The van der Waals surface area contributed by atoms with Crippen LogP contribution in [0.3, 0.4) is 0 Å². The van der Waals surface area contributed by atoms with Crippen molar-refractivity contribution in [3.8, 4) is 0 Å². The molecular weight excluding hydrogens is 154 g/mol. The van der Waals surface area contributed by atoms with Crippen LogP contribution in [0.5, 0.6) is 0 Å². The van der Waals surface area contributed by atoms with E-state index in [9.17, 15) is 4.79 Å². The van der Waals surface area contributed by atoms with Crippen LogP contribution < -0.4 is 5.73 Å². The molecule has 2 atom stereocenters. The van der Waals surface area contributed by atoms with Gasteiger partial charge in [0.1, 0.15) is 5.54 Å². The monoisotopic (exact) mass is 173 g/mol. The van der Waals surface area contributed by atoms with Gasteiger partial charge in [-0.3, -0.25) is 4.79 Å². The summed E-state index contributed by atoms with van der Waals surface area (Å²) in [4.78, 5) is 10.6. The Kier molecular flexibility index (Phi) is 4.24. The SMILES string of the molecule is CCCC(C)CC(C)(N)C(=O)O. The summed E-state index contributed by atoms with van der Waals surface area (Å²) in [7, 11) is 0. The summed E-state index contributed by atoms with van der Waals surface area (Å²) in [5.74, 6) is -0.522. The first kappa shape index (κ1) is 11.4. The van der Waals surface area contributed by atoms with Gasteiger partial charge in [0, 0.05) is 0 Å². The fourth-order valence-electron chi connectivity index (χ4n) is 1.41. The van der Waals surface area contributed by atoms with E-state index in [0.717, 1.165) is 12.8 Å². The molecule has 0 saturated carbocycles. The van der Waals surface area contributed by atoms with Gasteiger partial charge in [-0.05, 0) is 19.3 Å². The van der Waals surface area contributed by atoms with Crippen LogP contribution in [0.1, 0.15) is 40.0 Å². The highest BCUT2D eigenvalue weighted by molar-refractivity contribution is 5.77. The van der Waals surface area contributed by atoms with Gasteiger partial charge in [0.25, 0.3) is 0 Å². The smallest absolute Gasteiger partial charge is 0.323 e. The van der Waals surface area contributed by atoms with Crippen LogP contribution in [-0.2, 0) is 4.79 Å². The zero-order valence-electron chi connectivity index (χ0n) is 8.13. The standard InChI is InChI=1S/C9H19NO2/c1-4-5-7(2)6-9(3,10)8(11)12/h7H,4-6,10H2,1-3H3,(H,11,12). The van der Waals surface area contributed by atoms with Gasteiger partial charge in [-0.15, -0.1) is 0 Å². The van der Waals surface area contributed by atoms with Crippen LogP contribution in [0.15, 0.2) is 0 Å². The first-order valence-corrected chi connectivity index (χ1v) is 4.42. The molecule has 0 aliphatic heterocycles. The second-order valence-electron chi connectivity index (χ2n) is 3.82. The number of carboxylic acids is 1. The molecule has 2 unspecified atom stereocenters. The maximum absolute atomic E-state index is 10.6. The average molecular weight is 173 g/mol. The van der Waals surface area contributed by atoms with E-state index in [4.69, 9.17) is 10.8 Å². The van der Waals surface area contributed by atoms with Gasteiger partial charge in [-0.1, -0.05) is 26.7 Å². The quantitative estimate of drug-likeness (QED) is 0.664. The molecule has 0 radical (unpaired) electrons. The second-order valence-corrected chi connectivity index (χ2v) is 3.82. The Morgan fingerprint density at radius 2 is 2.17 bits per heavy atom. The van der Waals surface area contributed by atoms with Crippen LogP contribution in [0, 0.1) is 5.92 Å². The van der Waals surface area contributed by atoms with Gasteiger partial charge in [0.15, 0.2) is 0 Å². The number of hydrogen-bond donors (Lipinski definition) is 2. The largest absolute Gasteiger partial charge is 0.480 e. The van der Waals surface area contributed by atoms with E-state index in [1.54, 1.807) is 6.92 Å². The van der Waals surface area contributed by atoms with Gasteiger partial charge in [0.05, 0.1) is 0 Å². The molecule has 3 nitrogen and oxygen atoms in total. The van der Waals surface area contributed by atoms with Crippen LogP contribution in [0.2, 0.25) is 0 Å². The second kappa shape index (κ2) is 4.45. The van der Waals surface area contributed by atoms with E-state index in [1.807, 2.05) is 6.92 Å². The Bertz CT molecular complexity index is 155. The molecule has 0 aromatic carbocycles. The van der Waals surface area contributed by atoms with E-state index in [-0.39, 0.29) is 0 Å². The average Bonchev–Trinajstić information content (AvgIpc) is 1.85. The normalized spacial score (nSPS) is 18.3. The van der Waals surface area contributed by atoms with E-state index < -0.39 is 11.5 Å². The van der Waals surface area contributed by atoms with Crippen molar-refractivity contribution >= 4 is 5.97 Å². The summed E-state index contributed by atoms with van der Waals surface area (Å²) < 4.78 is 0. The number of aliphatic carboxylic acids is 1. The fraction of sp³-hybridized carbons (Fsp3) is 0.889. The van der Waals surface area contributed by atoms with Crippen molar-refractivity contribution in [1.82, 2.24) is 0 Å². The van der Waals surface area contributed by atoms with E-state index in [0.29, 0.717) is 12.3 Å². The number of carbonyl (C=O) groups is 1. The molecule has 0 aliphatic carbocycles. The van der Waals surface area contributed by atoms with Crippen molar-refractivity contribution in [3.63, 3.8) is 0 Å². The number of rotatable bonds is 5. The maximum Gasteiger partial charge on any atom is 0.323 e. The van der Waals surface area contributed by atoms with Crippen LogP contribution in [0.25, 0.3) is 0 Å². The summed E-state index contributed by atoms with van der Waals surface area (Å²) >= 11 is 0. The first-order valence-electron chi connectivity index (χ1n) is 4.42. The molecule has 0 fully saturated rings. The van der Waals surface area contributed by atoms with Crippen molar-refractivity contribution in [2.75, 3.05) is 0 Å². The van der Waals surface area contributed by atoms with Crippen molar-refractivity contribution in [2.45, 2.75) is 45.6 Å². The molecule has 12 heavy (non-hydrogen) atoms. The Morgan fingerprint density at radius 3 is 2.50 bits per heavy atom. The van der Waals surface area contributed by atoms with E-state index in [1.165, 1.54) is 0 Å². The Morgan fingerprint density at radius 1 is 1.67 bits per heavy atom. The molecule has 0 heterocycles. The third-order valence-electron chi connectivity index (χ3n) is 2.04.